The van der Waals surface area contributed by atoms with E-state index in [1.54, 1.807) is 0 Å². The van der Waals surface area contributed by atoms with Crippen LogP contribution in [0.1, 0.15) is 36.1 Å². The molecule has 2 aromatic rings. The molecule has 106 valence electrons. The fraction of sp³-hybridized carbons (Fsp3) is 0.294. The fourth-order valence-corrected chi connectivity index (χ4v) is 2.38. The maximum Gasteiger partial charge on any atom is 0.104 e. The van der Waals surface area contributed by atoms with Gasteiger partial charge in [0.25, 0.3) is 0 Å². The van der Waals surface area contributed by atoms with Gasteiger partial charge in [-0.2, -0.15) is 0 Å². The zero-order valence-corrected chi connectivity index (χ0v) is 12.4. The molecule has 2 rings (SSSR count). The lowest BCUT2D eigenvalue weighted by atomic mass is 9.97. The Kier molecular flexibility index (Phi) is 5.60. The molecule has 0 bridgehead atoms. The van der Waals surface area contributed by atoms with E-state index in [0.29, 0.717) is 5.02 Å². The van der Waals surface area contributed by atoms with Crippen molar-refractivity contribution in [2.24, 2.45) is 0 Å². The highest BCUT2D eigenvalue weighted by atomic mass is 35.5. The summed E-state index contributed by atoms with van der Waals surface area (Å²) in [5.41, 5.74) is 2.83. The van der Waals surface area contributed by atoms with Crippen LogP contribution in [0.5, 0.6) is 0 Å². The highest BCUT2D eigenvalue weighted by Gasteiger charge is 2.14. The molecule has 0 aliphatic rings. The molecule has 0 saturated carbocycles. The van der Waals surface area contributed by atoms with E-state index >= 15 is 0 Å². The molecule has 3 heteroatoms. The van der Waals surface area contributed by atoms with Gasteiger partial charge in [0.1, 0.15) is 6.10 Å². The van der Waals surface area contributed by atoms with Crippen molar-refractivity contribution < 1.29 is 5.11 Å². The minimum atomic E-state index is -0.645. The standard InChI is InChI=1S/C17H20ClNO/c1-2-10-19-12-14-8-9-15(18)11-16(14)17(20)13-6-4-3-5-7-13/h3-9,11,17,19-20H,2,10,12H2,1H3. The number of hydrogen-bond donors (Lipinski definition) is 2. The fourth-order valence-electron chi connectivity index (χ4n) is 2.20. The van der Waals surface area contributed by atoms with E-state index in [2.05, 4.69) is 12.2 Å². The summed E-state index contributed by atoms with van der Waals surface area (Å²) in [5, 5.41) is 14.6. The molecule has 1 atom stereocenters. The number of aliphatic hydroxyl groups is 1. The lowest BCUT2D eigenvalue weighted by Gasteiger charge is -2.17. The first kappa shape index (κ1) is 15.0. The van der Waals surface area contributed by atoms with Gasteiger partial charge in [-0.3, -0.25) is 0 Å². The van der Waals surface area contributed by atoms with Gasteiger partial charge in [0.2, 0.25) is 0 Å². The Labute approximate surface area is 125 Å². The average molecular weight is 290 g/mol. The molecule has 0 heterocycles. The van der Waals surface area contributed by atoms with Crippen molar-refractivity contribution in [3.63, 3.8) is 0 Å². The first-order valence-electron chi connectivity index (χ1n) is 6.94. The largest absolute Gasteiger partial charge is 0.384 e. The van der Waals surface area contributed by atoms with Gasteiger partial charge >= 0.3 is 0 Å². The third-order valence-corrected chi connectivity index (χ3v) is 3.50. The summed E-state index contributed by atoms with van der Waals surface area (Å²) in [6.45, 7) is 3.84. The molecule has 0 aromatic heterocycles. The number of halogens is 1. The minimum absolute atomic E-state index is 0.645. The van der Waals surface area contributed by atoms with Crippen molar-refractivity contribution in [2.45, 2.75) is 26.0 Å². The van der Waals surface area contributed by atoms with Gasteiger partial charge in [-0.1, -0.05) is 54.9 Å². The molecule has 0 aliphatic carbocycles. The van der Waals surface area contributed by atoms with E-state index in [1.807, 2.05) is 48.5 Å². The number of rotatable bonds is 6. The Bertz CT molecular complexity index is 542. The second kappa shape index (κ2) is 7.44. The van der Waals surface area contributed by atoms with E-state index in [0.717, 1.165) is 36.2 Å². The molecule has 0 saturated heterocycles. The van der Waals surface area contributed by atoms with E-state index in [4.69, 9.17) is 11.6 Å². The Balaban J connectivity index is 2.26. The van der Waals surface area contributed by atoms with Crippen molar-refractivity contribution in [2.75, 3.05) is 6.54 Å². The predicted molar refractivity (Wildman–Crippen MR) is 84.0 cm³/mol. The Morgan fingerprint density at radius 3 is 2.60 bits per heavy atom. The molecule has 2 N–H and O–H groups in total. The van der Waals surface area contributed by atoms with Gasteiger partial charge in [0, 0.05) is 11.6 Å². The maximum absolute atomic E-state index is 10.6. The number of aliphatic hydroxyl groups excluding tert-OH is 1. The van der Waals surface area contributed by atoms with Crippen molar-refractivity contribution in [1.82, 2.24) is 5.32 Å². The highest BCUT2D eigenvalue weighted by molar-refractivity contribution is 6.30. The van der Waals surface area contributed by atoms with Crippen LogP contribution in [0.25, 0.3) is 0 Å². The van der Waals surface area contributed by atoms with Crippen LogP contribution in [0.2, 0.25) is 5.02 Å². The second-order valence-electron chi connectivity index (χ2n) is 4.83. The molecule has 1 unspecified atom stereocenters. The van der Waals surface area contributed by atoms with Crippen LogP contribution >= 0.6 is 11.6 Å². The number of benzene rings is 2. The van der Waals surface area contributed by atoms with Gasteiger partial charge in [-0.05, 0) is 41.8 Å². The summed E-state index contributed by atoms with van der Waals surface area (Å²) in [5.74, 6) is 0. The summed E-state index contributed by atoms with van der Waals surface area (Å²) >= 11 is 6.08. The van der Waals surface area contributed by atoms with Crippen molar-refractivity contribution >= 4 is 11.6 Å². The van der Waals surface area contributed by atoms with Crippen LogP contribution < -0.4 is 5.32 Å². The number of nitrogens with one attached hydrogen (secondary N) is 1. The Morgan fingerprint density at radius 2 is 1.90 bits per heavy atom. The van der Waals surface area contributed by atoms with Crippen molar-refractivity contribution in [1.29, 1.82) is 0 Å². The molecule has 0 spiro atoms. The average Bonchev–Trinajstić information content (AvgIpc) is 2.49. The molecule has 0 fully saturated rings. The van der Waals surface area contributed by atoms with Crippen LogP contribution in [0, 0.1) is 0 Å². The first-order chi connectivity index (χ1) is 9.72. The van der Waals surface area contributed by atoms with Crippen LogP contribution in [0.4, 0.5) is 0 Å². The van der Waals surface area contributed by atoms with Crippen molar-refractivity contribution in [3.8, 4) is 0 Å². The van der Waals surface area contributed by atoms with E-state index in [-0.39, 0.29) is 0 Å². The van der Waals surface area contributed by atoms with Crippen molar-refractivity contribution in [3.05, 3.63) is 70.2 Å². The third-order valence-electron chi connectivity index (χ3n) is 3.26. The predicted octanol–water partition coefficient (Wildman–Crippen LogP) is 3.92. The van der Waals surface area contributed by atoms with Gasteiger partial charge in [0.05, 0.1) is 0 Å². The molecule has 2 nitrogen and oxygen atoms in total. The Hall–Kier alpha value is -1.35. The normalized spacial score (nSPS) is 12.3. The van der Waals surface area contributed by atoms with E-state index in [1.165, 1.54) is 0 Å². The van der Waals surface area contributed by atoms with E-state index < -0.39 is 6.10 Å². The zero-order chi connectivity index (χ0) is 14.4. The monoisotopic (exact) mass is 289 g/mol. The molecule has 20 heavy (non-hydrogen) atoms. The van der Waals surface area contributed by atoms with Crippen LogP contribution in [0.3, 0.4) is 0 Å². The molecule has 2 aromatic carbocycles. The molecular weight excluding hydrogens is 270 g/mol. The van der Waals surface area contributed by atoms with Gasteiger partial charge in [-0.25, -0.2) is 0 Å². The van der Waals surface area contributed by atoms with Crippen LogP contribution in [-0.2, 0) is 6.54 Å². The quantitative estimate of drug-likeness (QED) is 0.790. The Morgan fingerprint density at radius 1 is 1.15 bits per heavy atom. The van der Waals surface area contributed by atoms with Crippen LogP contribution in [0.15, 0.2) is 48.5 Å². The maximum atomic E-state index is 10.6. The highest BCUT2D eigenvalue weighted by Crippen LogP contribution is 2.27. The summed E-state index contributed by atoms with van der Waals surface area (Å²) in [4.78, 5) is 0. The van der Waals surface area contributed by atoms with Gasteiger partial charge in [0.15, 0.2) is 0 Å². The van der Waals surface area contributed by atoms with E-state index in [9.17, 15) is 5.11 Å². The molecule has 0 amide bonds. The van der Waals surface area contributed by atoms with Crippen LogP contribution in [-0.4, -0.2) is 11.7 Å². The third kappa shape index (κ3) is 3.83. The SMILES string of the molecule is CCCNCc1ccc(Cl)cc1C(O)c1ccccc1. The van der Waals surface area contributed by atoms with Gasteiger partial charge in [-0.15, -0.1) is 0 Å². The minimum Gasteiger partial charge on any atom is -0.384 e. The summed E-state index contributed by atoms with van der Waals surface area (Å²) in [7, 11) is 0. The first-order valence-corrected chi connectivity index (χ1v) is 7.32. The smallest absolute Gasteiger partial charge is 0.104 e. The summed E-state index contributed by atoms with van der Waals surface area (Å²) in [6.07, 6.45) is 0.442. The topological polar surface area (TPSA) is 32.3 Å². The summed E-state index contributed by atoms with van der Waals surface area (Å²) < 4.78 is 0. The molecular formula is C17H20ClNO. The molecule has 0 aliphatic heterocycles. The summed E-state index contributed by atoms with van der Waals surface area (Å²) in [6, 6.07) is 15.3. The second-order valence-corrected chi connectivity index (χ2v) is 5.27. The van der Waals surface area contributed by atoms with Gasteiger partial charge < -0.3 is 10.4 Å². The molecule has 0 radical (unpaired) electrons. The lowest BCUT2D eigenvalue weighted by Crippen LogP contribution is -2.16. The number of hydrogen-bond acceptors (Lipinski definition) is 2. The lowest BCUT2D eigenvalue weighted by molar-refractivity contribution is 0.219. The zero-order valence-electron chi connectivity index (χ0n) is 11.6.